The summed E-state index contributed by atoms with van der Waals surface area (Å²) in [6.07, 6.45) is 4.22. The molecule has 2 aromatic rings. The lowest BCUT2D eigenvalue weighted by atomic mass is 10.3. The SMILES string of the molecule is CCc1nc(-c2ncc[nH]2)nc(Cl)c1I. The molecule has 0 fully saturated rings. The van der Waals surface area contributed by atoms with Gasteiger partial charge in [-0.3, -0.25) is 0 Å². The van der Waals surface area contributed by atoms with Gasteiger partial charge < -0.3 is 4.98 Å². The topological polar surface area (TPSA) is 54.5 Å². The van der Waals surface area contributed by atoms with E-state index in [0.29, 0.717) is 16.8 Å². The quantitative estimate of drug-likeness (QED) is 0.678. The largest absolute Gasteiger partial charge is 0.342 e. The molecule has 4 nitrogen and oxygen atoms in total. The fourth-order valence-electron chi connectivity index (χ4n) is 1.19. The average molecular weight is 335 g/mol. The number of hydrogen-bond acceptors (Lipinski definition) is 3. The van der Waals surface area contributed by atoms with Gasteiger partial charge in [-0.15, -0.1) is 0 Å². The monoisotopic (exact) mass is 334 g/mol. The Morgan fingerprint density at radius 1 is 1.47 bits per heavy atom. The van der Waals surface area contributed by atoms with Crippen LogP contribution >= 0.6 is 34.2 Å². The third kappa shape index (κ3) is 2.12. The molecule has 0 amide bonds. The molecule has 0 bridgehead atoms. The molecule has 0 spiro atoms. The second-order valence-corrected chi connectivity index (χ2v) is 4.33. The molecular weight excluding hydrogens is 326 g/mol. The van der Waals surface area contributed by atoms with Crippen LogP contribution in [0.2, 0.25) is 5.15 Å². The second kappa shape index (κ2) is 4.44. The van der Waals surface area contributed by atoms with E-state index in [2.05, 4.69) is 42.5 Å². The van der Waals surface area contributed by atoms with Gasteiger partial charge in [-0.2, -0.15) is 0 Å². The Bertz CT molecular complexity index is 469. The number of H-pyrrole nitrogens is 1. The molecule has 0 aromatic carbocycles. The minimum absolute atomic E-state index is 0.480. The summed E-state index contributed by atoms with van der Waals surface area (Å²) < 4.78 is 0.909. The van der Waals surface area contributed by atoms with Gasteiger partial charge in [0.2, 0.25) is 0 Å². The summed E-state index contributed by atoms with van der Waals surface area (Å²) in [6, 6.07) is 0. The first-order valence-corrected chi connectivity index (χ1v) is 5.89. The summed E-state index contributed by atoms with van der Waals surface area (Å²) in [6.45, 7) is 2.03. The molecule has 2 aromatic heterocycles. The van der Waals surface area contributed by atoms with Crippen molar-refractivity contribution in [2.45, 2.75) is 13.3 Å². The predicted molar refractivity (Wildman–Crippen MR) is 66.7 cm³/mol. The first-order valence-electron chi connectivity index (χ1n) is 4.44. The van der Waals surface area contributed by atoms with Gasteiger partial charge in [-0.25, -0.2) is 15.0 Å². The third-order valence-corrected chi connectivity index (χ3v) is 3.65. The molecule has 0 aliphatic rings. The van der Waals surface area contributed by atoms with Crippen molar-refractivity contribution in [2.75, 3.05) is 0 Å². The summed E-state index contributed by atoms with van der Waals surface area (Å²) in [7, 11) is 0. The number of hydrogen-bond donors (Lipinski definition) is 1. The van der Waals surface area contributed by atoms with E-state index in [1.807, 2.05) is 6.92 Å². The lowest BCUT2D eigenvalue weighted by Crippen LogP contribution is -2.00. The van der Waals surface area contributed by atoms with E-state index in [9.17, 15) is 0 Å². The number of rotatable bonds is 2. The Balaban J connectivity index is 2.55. The van der Waals surface area contributed by atoms with E-state index in [-0.39, 0.29) is 0 Å². The van der Waals surface area contributed by atoms with Crippen molar-refractivity contribution in [1.29, 1.82) is 0 Å². The Kier molecular flexibility index (Phi) is 3.20. The molecule has 0 atom stereocenters. The summed E-state index contributed by atoms with van der Waals surface area (Å²) in [5.41, 5.74) is 0.946. The van der Waals surface area contributed by atoms with Crippen LogP contribution in [0.5, 0.6) is 0 Å². The van der Waals surface area contributed by atoms with Crippen LogP contribution in [0, 0.1) is 3.57 Å². The fourth-order valence-corrected chi connectivity index (χ4v) is 2.00. The molecule has 6 heteroatoms. The van der Waals surface area contributed by atoms with Gasteiger partial charge in [0.1, 0.15) is 5.15 Å². The van der Waals surface area contributed by atoms with Gasteiger partial charge in [0.05, 0.1) is 9.26 Å². The van der Waals surface area contributed by atoms with Crippen molar-refractivity contribution >= 4 is 34.2 Å². The number of nitrogens with zero attached hydrogens (tertiary/aromatic N) is 3. The Labute approximate surface area is 106 Å². The first-order chi connectivity index (χ1) is 7.22. The highest BCUT2D eigenvalue weighted by Gasteiger charge is 2.11. The Morgan fingerprint density at radius 3 is 2.87 bits per heavy atom. The van der Waals surface area contributed by atoms with Crippen molar-refractivity contribution in [2.24, 2.45) is 0 Å². The molecule has 1 N–H and O–H groups in total. The molecule has 0 aliphatic heterocycles. The summed E-state index contributed by atoms with van der Waals surface area (Å²) in [5, 5.41) is 0.480. The second-order valence-electron chi connectivity index (χ2n) is 2.89. The van der Waals surface area contributed by atoms with Gasteiger partial charge >= 0.3 is 0 Å². The number of aromatic amines is 1. The molecule has 15 heavy (non-hydrogen) atoms. The van der Waals surface area contributed by atoms with E-state index in [1.54, 1.807) is 12.4 Å². The zero-order valence-electron chi connectivity index (χ0n) is 7.96. The molecule has 2 rings (SSSR count). The van der Waals surface area contributed by atoms with Crippen LogP contribution < -0.4 is 0 Å². The van der Waals surface area contributed by atoms with Crippen LogP contribution in [0.4, 0.5) is 0 Å². The summed E-state index contributed by atoms with van der Waals surface area (Å²) in [5.74, 6) is 1.19. The van der Waals surface area contributed by atoms with Gasteiger partial charge in [0.15, 0.2) is 11.6 Å². The van der Waals surface area contributed by atoms with Crippen LogP contribution in [0.3, 0.4) is 0 Å². The van der Waals surface area contributed by atoms with Gasteiger partial charge in [0.25, 0.3) is 0 Å². The van der Waals surface area contributed by atoms with Crippen LogP contribution in [0.15, 0.2) is 12.4 Å². The molecule has 0 aliphatic carbocycles. The molecule has 0 saturated heterocycles. The average Bonchev–Trinajstić information content (AvgIpc) is 2.75. The van der Waals surface area contributed by atoms with Crippen LogP contribution in [-0.2, 0) is 6.42 Å². The number of imidazole rings is 1. The van der Waals surface area contributed by atoms with Gasteiger partial charge in [-0.05, 0) is 29.0 Å². The lowest BCUT2D eigenvalue weighted by molar-refractivity contribution is 0.978. The van der Waals surface area contributed by atoms with Crippen LogP contribution in [-0.4, -0.2) is 19.9 Å². The predicted octanol–water partition coefficient (Wildman–Crippen LogP) is 2.69. The normalized spacial score (nSPS) is 10.6. The highest BCUT2D eigenvalue weighted by Crippen LogP contribution is 2.22. The Morgan fingerprint density at radius 2 is 2.27 bits per heavy atom. The number of halogens is 2. The molecule has 0 saturated carbocycles. The van der Waals surface area contributed by atoms with E-state index >= 15 is 0 Å². The Hall–Kier alpha value is -0.690. The first kappa shape index (κ1) is 10.8. The van der Waals surface area contributed by atoms with E-state index < -0.39 is 0 Å². The number of aryl methyl sites for hydroxylation is 1. The molecule has 0 radical (unpaired) electrons. The maximum Gasteiger partial charge on any atom is 0.197 e. The highest BCUT2D eigenvalue weighted by atomic mass is 127. The maximum absolute atomic E-state index is 6.01. The zero-order chi connectivity index (χ0) is 10.8. The van der Waals surface area contributed by atoms with Crippen LogP contribution in [0.25, 0.3) is 11.6 Å². The van der Waals surface area contributed by atoms with Gasteiger partial charge in [-0.1, -0.05) is 18.5 Å². The minimum atomic E-state index is 0.480. The van der Waals surface area contributed by atoms with Crippen molar-refractivity contribution in [1.82, 2.24) is 19.9 Å². The van der Waals surface area contributed by atoms with Crippen molar-refractivity contribution < 1.29 is 0 Å². The van der Waals surface area contributed by atoms with Crippen molar-refractivity contribution in [3.8, 4) is 11.6 Å². The van der Waals surface area contributed by atoms with Crippen molar-refractivity contribution in [3.63, 3.8) is 0 Å². The standard InChI is InChI=1S/C9H8ClIN4/c1-2-5-6(11)7(10)15-9(14-5)8-12-3-4-13-8/h3-4H,2H2,1H3,(H,12,13). The molecular formula is C9H8ClIN4. The number of nitrogens with one attached hydrogen (secondary N) is 1. The van der Waals surface area contributed by atoms with Crippen molar-refractivity contribution in [3.05, 3.63) is 26.8 Å². The minimum Gasteiger partial charge on any atom is -0.342 e. The fraction of sp³-hybridized carbons (Fsp3) is 0.222. The summed E-state index contributed by atoms with van der Waals surface area (Å²) in [4.78, 5) is 15.6. The van der Waals surface area contributed by atoms with Crippen LogP contribution in [0.1, 0.15) is 12.6 Å². The lowest BCUT2D eigenvalue weighted by Gasteiger charge is -2.04. The van der Waals surface area contributed by atoms with E-state index in [1.165, 1.54) is 0 Å². The molecule has 2 heterocycles. The molecule has 78 valence electrons. The third-order valence-electron chi connectivity index (χ3n) is 1.92. The smallest absolute Gasteiger partial charge is 0.197 e. The summed E-state index contributed by atoms with van der Waals surface area (Å²) >= 11 is 8.17. The highest BCUT2D eigenvalue weighted by molar-refractivity contribution is 14.1. The number of aromatic nitrogens is 4. The van der Waals surface area contributed by atoms with Gasteiger partial charge in [0, 0.05) is 12.4 Å². The zero-order valence-corrected chi connectivity index (χ0v) is 10.9. The maximum atomic E-state index is 6.01. The van der Waals surface area contributed by atoms with E-state index in [4.69, 9.17) is 11.6 Å². The molecule has 0 unspecified atom stereocenters. The van der Waals surface area contributed by atoms with E-state index in [0.717, 1.165) is 15.7 Å².